The SMILES string of the molecule is CCOc1ccc(CN2C[C@H]3CC[C@H]2C3)cc1Cl. The minimum atomic E-state index is 0.662. The lowest BCUT2D eigenvalue weighted by atomic mass is 10.1. The van der Waals surface area contributed by atoms with Gasteiger partial charge in [-0.3, -0.25) is 4.90 Å². The van der Waals surface area contributed by atoms with Crippen LogP contribution in [-0.4, -0.2) is 24.1 Å². The van der Waals surface area contributed by atoms with E-state index in [1.807, 2.05) is 13.0 Å². The number of hydrogen-bond donors (Lipinski definition) is 0. The molecule has 1 saturated carbocycles. The van der Waals surface area contributed by atoms with Crippen LogP contribution in [0.2, 0.25) is 5.02 Å². The van der Waals surface area contributed by atoms with E-state index in [1.165, 1.54) is 31.4 Å². The van der Waals surface area contributed by atoms with Crippen LogP contribution in [0, 0.1) is 5.92 Å². The van der Waals surface area contributed by atoms with Crippen LogP contribution in [0.1, 0.15) is 31.7 Å². The molecule has 1 aromatic rings. The maximum atomic E-state index is 6.23. The molecule has 0 unspecified atom stereocenters. The van der Waals surface area contributed by atoms with Crippen molar-refractivity contribution >= 4 is 11.6 Å². The molecule has 1 saturated heterocycles. The van der Waals surface area contributed by atoms with Crippen molar-refractivity contribution in [3.8, 4) is 5.75 Å². The Hall–Kier alpha value is -0.730. The van der Waals surface area contributed by atoms with Gasteiger partial charge in [0.2, 0.25) is 0 Å². The van der Waals surface area contributed by atoms with Crippen molar-refractivity contribution < 1.29 is 4.74 Å². The van der Waals surface area contributed by atoms with Crippen molar-refractivity contribution in [1.82, 2.24) is 4.90 Å². The third kappa shape index (κ3) is 2.36. The summed E-state index contributed by atoms with van der Waals surface area (Å²) in [6.45, 7) is 4.95. The molecular weight excluding hydrogens is 246 g/mol. The molecule has 0 N–H and O–H groups in total. The number of hydrogen-bond acceptors (Lipinski definition) is 2. The second-order valence-corrected chi connectivity index (χ2v) is 5.87. The molecule has 1 heterocycles. The first kappa shape index (κ1) is 12.3. The molecule has 0 radical (unpaired) electrons. The Morgan fingerprint density at radius 3 is 2.89 bits per heavy atom. The number of likely N-dealkylation sites (tertiary alicyclic amines) is 1. The summed E-state index contributed by atoms with van der Waals surface area (Å²) in [5.74, 6) is 1.75. The lowest BCUT2D eigenvalue weighted by molar-refractivity contribution is 0.205. The Bertz CT molecular complexity index is 435. The number of piperidine rings is 1. The number of benzene rings is 1. The van der Waals surface area contributed by atoms with E-state index in [2.05, 4.69) is 17.0 Å². The van der Waals surface area contributed by atoms with Crippen molar-refractivity contribution in [2.24, 2.45) is 5.92 Å². The highest BCUT2D eigenvalue weighted by Crippen LogP contribution is 2.38. The van der Waals surface area contributed by atoms with E-state index in [9.17, 15) is 0 Å². The minimum absolute atomic E-state index is 0.662. The largest absolute Gasteiger partial charge is 0.492 e. The number of halogens is 1. The number of fused-ring (bicyclic) bond motifs is 2. The third-order valence-corrected chi connectivity index (χ3v) is 4.50. The Morgan fingerprint density at radius 1 is 1.39 bits per heavy atom. The first-order valence-corrected chi connectivity index (χ1v) is 7.29. The van der Waals surface area contributed by atoms with Gasteiger partial charge in [0.05, 0.1) is 11.6 Å². The summed E-state index contributed by atoms with van der Waals surface area (Å²) in [5.41, 5.74) is 1.30. The van der Waals surface area contributed by atoms with Crippen LogP contribution in [-0.2, 0) is 6.54 Å². The average molecular weight is 266 g/mol. The monoisotopic (exact) mass is 265 g/mol. The van der Waals surface area contributed by atoms with Gasteiger partial charge in [0.25, 0.3) is 0 Å². The normalized spacial score (nSPS) is 26.8. The fourth-order valence-electron chi connectivity index (χ4n) is 3.37. The molecule has 1 aromatic carbocycles. The summed E-state index contributed by atoms with van der Waals surface area (Å²) in [5, 5.41) is 0.735. The van der Waals surface area contributed by atoms with E-state index in [0.29, 0.717) is 6.61 Å². The van der Waals surface area contributed by atoms with Crippen LogP contribution in [0.25, 0.3) is 0 Å². The second kappa shape index (κ2) is 5.10. The first-order chi connectivity index (χ1) is 8.76. The summed E-state index contributed by atoms with van der Waals surface area (Å²) in [6, 6.07) is 7.01. The molecule has 18 heavy (non-hydrogen) atoms. The van der Waals surface area contributed by atoms with Crippen LogP contribution >= 0.6 is 11.6 Å². The summed E-state index contributed by atoms with van der Waals surface area (Å²) < 4.78 is 5.47. The number of rotatable bonds is 4. The third-order valence-electron chi connectivity index (χ3n) is 4.20. The first-order valence-electron chi connectivity index (χ1n) is 6.91. The zero-order valence-electron chi connectivity index (χ0n) is 10.9. The second-order valence-electron chi connectivity index (χ2n) is 5.46. The molecule has 0 aromatic heterocycles. The molecule has 3 rings (SSSR count). The highest BCUT2D eigenvalue weighted by atomic mass is 35.5. The van der Waals surface area contributed by atoms with E-state index in [-0.39, 0.29) is 0 Å². The van der Waals surface area contributed by atoms with E-state index in [4.69, 9.17) is 16.3 Å². The molecule has 2 bridgehead atoms. The maximum Gasteiger partial charge on any atom is 0.137 e. The van der Waals surface area contributed by atoms with Crippen molar-refractivity contribution in [3.63, 3.8) is 0 Å². The topological polar surface area (TPSA) is 12.5 Å². The van der Waals surface area contributed by atoms with Crippen molar-refractivity contribution in [3.05, 3.63) is 28.8 Å². The van der Waals surface area contributed by atoms with Crippen LogP contribution in [0.3, 0.4) is 0 Å². The molecule has 3 heteroatoms. The van der Waals surface area contributed by atoms with Gasteiger partial charge in [0.1, 0.15) is 5.75 Å². The molecule has 0 spiro atoms. The van der Waals surface area contributed by atoms with Gasteiger partial charge in [-0.1, -0.05) is 17.7 Å². The van der Waals surface area contributed by atoms with E-state index < -0.39 is 0 Å². The van der Waals surface area contributed by atoms with Gasteiger partial charge >= 0.3 is 0 Å². The van der Waals surface area contributed by atoms with Gasteiger partial charge in [-0.2, -0.15) is 0 Å². The molecular formula is C15H20ClNO. The minimum Gasteiger partial charge on any atom is -0.492 e. The van der Waals surface area contributed by atoms with Crippen molar-refractivity contribution in [2.75, 3.05) is 13.2 Å². The Morgan fingerprint density at radius 2 is 2.28 bits per heavy atom. The summed E-state index contributed by atoms with van der Waals surface area (Å²) >= 11 is 6.23. The van der Waals surface area contributed by atoms with Crippen LogP contribution in [0.4, 0.5) is 0 Å². The van der Waals surface area contributed by atoms with Crippen LogP contribution in [0.5, 0.6) is 5.75 Å². The molecule has 98 valence electrons. The summed E-state index contributed by atoms with van der Waals surface area (Å²) in [7, 11) is 0. The fraction of sp³-hybridized carbons (Fsp3) is 0.600. The molecule has 1 aliphatic carbocycles. The number of ether oxygens (including phenoxy) is 1. The Labute approximate surface area is 114 Å². The smallest absolute Gasteiger partial charge is 0.137 e. The zero-order chi connectivity index (χ0) is 12.5. The van der Waals surface area contributed by atoms with E-state index in [0.717, 1.165) is 29.3 Å². The standard InChI is InChI=1S/C15H20ClNO/c1-2-18-15-6-4-12(8-14(15)16)10-17-9-11-3-5-13(17)7-11/h4,6,8,11,13H,2-3,5,7,9-10H2,1H3/t11-,13-/m0/s1. The van der Waals surface area contributed by atoms with Gasteiger partial charge in [0, 0.05) is 19.1 Å². The Balaban J connectivity index is 1.68. The van der Waals surface area contributed by atoms with Crippen molar-refractivity contribution in [1.29, 1.82) is 0 Å². The number of nitrogens with zero attached hydrogens (tertiary/aromatic N) is 1. The lowest BCUT2D eigenvalue weighted by Crippen LogP contribution is -2.31. The predicted octanol–water partition coefficient (Wildman–Crippen LogP) is 3.72. The molecule has 2 fully saturated rings. The van der Waals surface area contributed by atoms with Gasteiger partial charge in [-0.15, -0.1) is 0 Å². The maximum absolute atomic E-state index is 6.23. The molecule has 0 amide bonds. The zero-order valence-corrected chi connectivity index (χ0v) is 11.6. The van der Waals surface area contributed by atoms with Gasteiger partial charge in [-0.05, 0) is 49.8 Å². The Kier molecular flexibility index (Phi) is 3.49. The van der Waals surface area contributed by atoms with Crippen LogP contribution < -0.4 is 4.74 Å². The molecule has 2 nitrogen and oxygen atoms in total. The molecule has 1 aliphatic heterocycles. The summed E-state index contributed by atoms with van der Waals surface area (Å²) in [4.78, 5) is 2.61. The van der Waals surface area contributed by atoms with Gasteiger partial charge in [-0.25, -0.2) is 0 Å². The van der Waals surface area contributed by atoms with Gasteiger partial charge in [0.15, 0.2) is 0 Å². The van der Waals surface area contributed by atoms with E-state index in [1.54, 1.807) is 0 Å². The van der Waals surface area contributed by atoms with E-state index >= 15 is 0 Å². The van der Waals surface area contributed by atoms with Crippen molar-refractivity contribution in [2.45, 2.75) is 38.8 Å². The van der Waals surface area contributed by atoms with Gasteiger partial charge < -0.3 is 4.74 Å². The summed E-state index contributed by atoms with van der Waals surface area (Å²) in [6.07, 6.45) is 4.23. The fourth-order valence-corrected chi connectivity index (χ4v) is 3.63. The average Bonchev–Trinajstić information content (AvgIpc) is 2.95. The lowest BCUT2D eigenvalue weighted by Gasteiger charge is -2.26. The quantitative estimate of drug-likeness (QED) is 0.823. The molecule has 2 aliphatic rings. The highest BCUT2D eigenvalue weighted by molar-refractivity contribution is 6.32. The molecule has 2 atom stereocenters. The highest BCUT2D eigenvalue weighted by Gasteiger charge is 2.37. The van der Waals surface area contributed by atoms with Crippen LogP contribution in [0.15, 0.2) is 18.2 Å². The predicted molar refractivity (Wildman–Crippen MR) is 74.2 cm³/mol.